The molecule has 1 saturated heterocycles. The molecule has 0 aliphatic carbocycles. The minimum atomic E-state index is -0.446. The zero-order valence-electron chi connectivity index (χ0n) is 17.8. The van der Waals surface area contributed by atoms with Gasteiger partial charge in [0.15, 0.2) is 0 Å². The molecule has 3 aromatic carbocycles. The van der Waals surface area contributed by atoms with E-state index in [9.17, 15) is 9.59 Å². The number of piperazine rings is 1. The Labute approximate surface area is 187 Å². The maximum atomic E-state index is 13.0. The number of H-pyrrole nitrogens is 1. The average molecular weight is 424 g/mol. The van der Waals surface area contributed by atoms with E-state index in [-0.39, 0.29) is 6.04 Å². The van der Waals surface area contributed by atoms with Crippen LogP contribution in [0.3, 0.4) is 0 Å². The molecule has 1 aliphatic heterocycles. The maximum Gasteiger partial charge on any atom is 0.295 e. The molecule has 5 rings (SSSR count). The van der Waals surface area contributed by atoms with Gasteiger partial charge in [-0.1, -0.05) is 78.9 Å². The Balaban J connectivity index is 1.32. The van der Waals surface area contributed by atoms with Gasteiger partial charge in [-0.15, -0.1) is 0 Å². The number of hydrogen-bond acceptors (Lipinski definition) is 3. The van der Waals surface area contributed by atoms with Crippen molar-refractivity contribution in [3.05, 3.63) is 108 Å². The summed E-state index contributed by atoms with van der Waals surface area (Å²) in [6.45, 7) is 2.48. The second-order valence-electron chi connectivity index (χ2n) is 8.13. The topological polar surface area (TPSA) is 56.4 Å². The molecular formula is C27H25N3O2. The Morgan fingerprint density at radius 3 is 1.91 bits per heavy atom. The van der Waals surface area contributed by atoms with Gasteiger partial charge in [0.05, 0.1) is 11.6 Å². The minimum absolute atomic E-state index is 0.124. The third-order valence-electron chi connectivity index (χ3n) is 6.23. The van der Waals surface area contributed by atoms with Crippen LogP contribution in [0.2, 0.25) is 0 Å². The van der Waals surface area contributed by atoms with Crippen molar-refractivity contribution < 1.29 is 9.59 Å². The van der Waals surface area contributed by atoms with E-state index in [2.05, 4.69) is 58.4 Å². The molecule has 0 bridgehead atoms. The second-order valence-corrected chi connectivity index (χ2v) is 8.13. The number of ketones is 1. The van der Waals surface area contributed by atoms with E-state index < -0.39 is 11.7 Å². The van der Waals surface area contributed by atoms with Crippen molar-refractivity contribution in [3.8, 4) is 0 Å². The van der Waals surface area contributed by atoms with E-state index in [0.717, 1.165) is 10.9 Å². The first-order valence-corrected chi connectivity index (χ1v) is 11.0. The van der Waals surface area contributed by atoms with Crippen molar-refractivity contribution in [2.45, 2.75) is 6.04 Å². The van der Waals surface area contributed by atoms with Gasteiger partial charge in [-0.05, 0) is 17.2 Å². The first kappa shape index (κ1) is 20.2. The van der Waals surface area contributed by atoms with Crippen molar-refractivity contribution in [1.29, 1.82) is 0 Å². The molecule has 4 aromatic rings. The highest BCUT2D eigenvalue weighted by molar-refractivity contribution is 6.44. The molecule has 0 saturated carbocycles. The van der Waals surface area contributed by atoms with Crippen LogP contribution in [0, 0.1) is 0 Å². The molecule has 1 N–H and O–H groups in total. The third kappa shape index (κ3) is 3.83. The standard InChI is InChI=1S/C27H25N3O2/c31-26(23-19-28-24-14-8-7-13-22(23)24)27(32)30-17-15-29(16-18-30)25(20-9-3-1-4-10-20)21-11-5-2-6-12-21/h1-14,19,25,28H,15-18H2. The van der Waals surface area contributed by atoms with E-state index in [1.165, 1.54) is 11.1 Å². The maximum absolute atomic E-state index is 13.0. The van der Waals surface area contributed by atoms with Gasteiger partial charge in [0.25, 0.3) is 11.7 Å². The number of nitrogens with zero attached hydrogens (tertiary/aromatic N) is 2. The molecule has 2 heterocycles. The second kappa shape index (κ2) is 8.81. The van der Waals surface area contributed by atoms with Crippen molar-refractivity contribution in [2.24, 2.45) is 0 Å². The molecule has 1 aliphatic rings. The van der Waals surface area contributed by atoms with Crippen LogP contribution in [0.5, 0.6) is 0 Å². The van der Waals surface area contributed by atoms with Crippen LogP contribution < -0.4 is 0 Å². The lowest BCUT2D eigenvalue weighted by Crippen LogP contribution is -2.51. The number of para-hydroxylation sites is 1. The van der Waals surface area contributed by atoms with Crippen LogP contribution in [-0.2, 0) is 4.79 Å². The smallest absolute Gasteiger partial charge is 0.295 e. The van der Waals surface area contributed by atoms with Crippen LogP contribution in [0.1, 0.15) is 27.5 Å². The zero-order valence-corrected chi connectivity index (χ0v) is 17.8. The molecule has 1 amide bonds. The third-order valence-corrected chi connectivity index (χ3v) is 6.23. The van der Waals surface area contributed by atoms with Crippen molar-refractivity contribution in [1.82, 2.24) is 14.8 Å². The fourth-order valence-electron chi connectivity index (χ4n) is 4.59. The summed E-state index contributed by atoms with van der Waals surface area (Å²) in [7, 11) is 0. The fourth-order valence-corrected chi connectivity index (χ4v) is 4.59. The quantitative estimate of drug-likeness (QED) is 0.385. The van der Waals surface area contributed by atoms with Gasteiger partial charge >= 0.3 is 0 Å². The number of fused-ring (bicyclic) bond motifs is 1. The van der Waals surface area contributed by atoms with Crippen LogP contribution in [0.15, 0.2) is 91.1 Å². The molecule has 160 valence electrons. The number of nitrogens with one attached hydrogen (secondary N) is 1. The van der Waals surface area contributed by atoms with Crippen LogP contribution in [-0.4, -0.2) is 52.7 Å². The van der Waals surface area contributed by atoms with Crippen LogP contribution in [0.4, 0.5) is 0 Å². The summed E-state index contributed by atoms with van der Waals surface area (Å²) in [6, 6.07) is 28.6. The molecule has 5 heteroatoms. The summed E-state index contributed by atoms with van der Waals surface area (Å²) in [5.74, 6) is -0.871. The highest BCUT2D eigenvalue weighted by Crippen LogP contribution is 2.29. The molecule has 1 fully saturated rings. The first-order chi connectivity index (χ1) is 15.7. The summed E-state index contributed by atoms with van der Waals surface area (Å²) in [5.41, 5.74) is 3.77. The molecule has 0 unspecified atom stereocenters. The summed E-state index contributed by atoms with van der Waals surface area (Å²) in [5, 5.41) is 0.790. The minimum Gasteiger partial charge on any atom is -0.360 e. The lowest BCUT2D eigenvalue weighted by atomic mass is 9.96. The largest absolute Gasteiger partial charge is 0.360 e. The van der Waals surface area contributed by atoms with Gasteiger partial charge in [-0.3, -0.25) is 14.5 Å². The fraction of sp³-hybridized carbons (Fsp3) is 0.185. The number of Topliss-reactive ketones (excluding diaryl/α,β-unsaturated/α-hetero) is 1. The van der Waals surface area contributed by atoms with Crippen LogP contribution >= 0.6 is 0 Å². The van der Waals surface area contributed by atoms with Gasteiger partial charge in [0, 0.05) is 43.3 Å². The van der Waals surface area contributed by atoms with Gasteiger partial charge in [0.2, 0.25) is 0 Å². The van der Waals surface area contributed by atoms with Crippen molar-refractivity contribution in [2.75, 3.05) is 26.2 Å². The molecule has 0 atom stereocenters. The first-order valence-electron chi connectivity index (χ1n) is 11.0. The molecule has 1 aromatic heterocycles. The highest BCUT2D eigenvalue weighted by Gasteiger charge is 2.31. The predicted octanol–water partition coefficient (Wildman–Crippen LogP) is 4.28. The highest BCUT2D eigenvalue weighted by atomic mass is 16.2. The summed E-state index contributed by atoms with van der Waals surface area (Å²) >= 11 is 0. The number of carbonyl (C=O) groups excluding carboxylic acids is 2. The lowest BCUT2D eigenvalue weighted by molar-refractivity contribution is -0.128. The summed E-state index contributed by atoms with van der Waals surface area (Å²) in [6.07, 6.45) is 1.64. The van der Waals surface area contributed by atoms with Gasteiger partial charge in [0.1, 0.15) is 0 Å². The number of amides is 1. The Morgan fingerprint density at radius 1 is 0.719 bits per heavy atom. The van der Waals surface area contributed by atoms with E-state index in [4.69, 9.17) is 0 Å². The van der Waals surface area contributed by atoms with E-state index >= 15 is 0 Å². The van der Waals surface area contributed by atoms with Crippen molar-refractivity contribution >= 4 is 22.6 Å². The monoisotopic (exact) mass is 423 g/mol. The molecule has 0 spiro atoms. The van der Waals surface area contributed by atoms with Crippen LogP contribution in [0.25, 0.3) is 10.9 Å². The predicted molar refractivity (Wildman–Crippen MR) is 126 cm³/mol. The Morgan fingerprint density at radius 2 is 1.28 bits per heavy atom. The van der Waals surface area contributed by atoms with Gasteiger partial charge in [-0.25, -0.2) is 0 Å². The summed E-state index contributed by atoms with van der Waals surface area (Å²) < 4.78 is 0. The lowest BCUT2D eigenvalue weighted by Gasteiger charge is -2.39. The molecule has 5 nitrogen and oxygen atoms in total. The molecule has 32 heavy (non-hydrogen) atoms. The number of hydrogen-bond donors (Lipinski definition) is 1. The summed E-state index contributed by atoms with van der Waals surface area (Å²) in [4.78, 5) is 33.1. The molecule has 0 radical (unpaired) electrons. The van der Waals surface area contributed by atoms with Crippen molar-refractivity contribution in [3.63, 3.8) is 0 Å². The van der Waals surface area contributed by atoms with Gasteiger partial charge < -0.3 is 9.88 Å². The van der Waals surface area contributed by atoms with E-state index in [1.54, 1.807) is 11.1 Å². The molecular weight excluding hydrogens is 398 g/mol. The number of carbonyl (C=O) groups is 2. The average Bonchev–Trinajstić information content (AvgIpc) is 3.29. The Hall–Kier alpha value is -3.70. The van der Waals surface area contributed by atoms with Gasteiger partial charge in [-0.2, -0.15) is 0 Å². The Kier molecular flexibility index (Phi) is 5.57. The normalized spacial score (nSPS) is 14.7. The number of aromatic nitrogens is 1. The number of aromatic amines is 1. The zero-order chi connectivity index (χ0) is 21.9. The number of benzene rings is 3. The SMILES string of the molecule is O=C(C(=O)N1CCN(C(c2ccccc2)c2ccccc2)CC1)c1c[nH]c2ccccc12. The number of rotatable bonds is 5. The van der Waals surface area contributed by atoms with E-state index in [0.29, 0.717) is 31.7 Å². The Bertz CT molecular complexity index is 1190. The van der Waals surface area contributed by atoms with E-state index in [1.807, 2.05) is 36.4 Å².